The van der Waals surface area contributed by atoms with Crippen molar-refractivity contribution < 1.29 is 91.9 Å². The van der Waals surface area contributed by atoms with E-state index >= 15 is 0 Å². The van der Waals surface area contributed by atoms with E-state index in [1.807, 2.05) is 0 Å². The first-order chi connectivity index (χ1) is 23.8. The van der Waals surface area contributed by atoms with E-state index in [-0.39, 0.29) is 0 Å². The summed E-state index contributed by atoms with van der Waals surface area (Å²) in [7, 11) is 6.83. The number of ether oxygens (including phenoxy) is 13. The third-order valence-electron chi connectivity index (χ3n) is 9.59. The first kappa shape index (κ1) is 41.5. The average molecular weight is 731 g/mol. The molecule has 0 aliphatic carbocycles. The van der Waals surface area contributed by atoms with Crippen LogP contribution in [0, 0.1) is 0 Å². The molecule has 0 amide bonds. The fourth-order valence-electron chi connectivity index (χ4n) is 6.98. The van der Waals surface area contributed by atoms with Gasteiger partial charge in [0.05, 0.1) is 24.9 Å². The van der Waals surface area contributed by atoms with E-state index in [0.717, 1.165) is 0 Å². The molecule has 0 radical (unpaired) electrons. The summed E-state index contributed by atoms with van der Waals surface area (Å²) < 4.78 is 75.9. The number of carbonyl (C=O) groups excluding carboxylic acids is 1. The Labute approximate surface area is 290 Å². The second kappa shape index (κ2) is 18.2. The summed E-state index contributed by atoms with van der Waals surface area (Å²) in [5.41, 5.74) is 0. The van der Waals surface area contributed by atoms with Crippen LogP contribution in [0.1, 0.15) is 27.7 Å². The molecular formula is C31H54O19. The van der Waals surface area contributed by atoms with Crippen molar-refractivity contribution in [3.63, 3.8) is 0 Å². The van der Waals surface area contributed by atoms with Gasteiger partial charge in [0.15, 0.2) is 31.3 Å². The Kier molecular flexibility index (Phi) is 15.1. The molecule has 4 rings (SSSR count). The van der Waals surface area contributed by atoms with Gasteiger partial charge in [-0.25, -0.2) is 0 Å². The van der Waals surface area contributed by atoms with Crippen LogP contribution in [-0.2, 0) is 66.4 Å². The first-order valence-corrected chi connectivity index (χ1v) is 16.5. The van der Waals surface area contributed by atoms with Crippen molar-refractivity contribution in [2.24, 2.45) is 0 Å². The summed E-state index contributed by atoms with van der Waals surface area (Å²) in [6, 6.07) is 0. The number of carbonyl (C=O) groups is 1. The van der Waals surface area contributed by atoms with Gasteiger partial charge in [0, 0.05) is 42.5 Å². The number of aliphatic hydroxyl groups is 5. The number of hydrogen-bond donors (Lipinski definition) is 5. The van der Waals surface area contributed by atoms with Gasteiger partial charge in [0.25, 0.3) is 0 Å². The van der Waals surface area contributed by atoms with Crippen molar-refractivity contribution >= 4 is 5.97 Å². The Balaban J connectivity index is 1.62. The zero-order chi connectivity index (χ0) is 37.0. The van der Waals surface area contributed by atoms with Crippen molar-refractivity contribution in [2.75, 3.05) is 42.2 Å². The molecule has 50 heavy (non-hydrogen) atoms. The third kappa shape index (κ3) is 8.60. The van der Waals surface area contributed by atoms with Gasteiger partial charge in [-0.2, -0.15) is 0 Å². The van der Waals surface area contributed by atoms with Crippen molar-refractivity contribution in [2.45, 2.75) is 151 Å². The monoisotopic (exact) mass is 730 g/mol. The standard InChI is InChI=1S/C31H54O19/c1-11-16(34)22(26(41-8)30(44-11)50-23-19(38-5)12(2)43-28(37)25(23)40-7)48-31-27(42-9)24(20(13(3)45-31)46-14(4)33)49-29-18(36)17(35)21(39-6)15(10-32)47-29/h11-13,15-32,34-37H,10H2,1-9H3/t11-,12-,13+,15-,16-,17-,18+,19-,20-,21-,22+,23+,24-,25+,26+,27+,28+,29-,30-,31+/m1/s1. The molecule has 0 aromatic rings. The molecular weight excluding hydrogens is 676 g/mol. The second-order valence-electron chi connectivity index (χ2n) is 12.7. The lowest BCUT2D eigenvalue weighted by molar-refractivity contribution is -0.389. The van der Waals surface area contributed by atoms with E-state index in [1.165, 1.54) is 42.5 Å². The molecule has 4 heterocycles. The number of esters is 1. The minimum absolute atomic E-state index is 0.567. The van der Waals surface area contributed by atoms with Crippen molar-refractivity contribution in [1.82, 2.24) is 0 Å². The van der Waals surface area contributed by atoms with E-state index in [2.05, 4.69) is 0 Å². The van der Waals surface area contributed by atoms with Crippen molar-refractivity contribution in [3.8, 4) is 0 Å². The SMILES string of the molecule is CO[C@@H]1[C@H](O[C@H]2[C@H](O)[C@@H](C)O[C@H](O[C@H]3[C@H](OC)[C@@H](C)O[C@H](O)[C@H]3OC)[C@H]2OC)O[C@@H](C)[C@@H](OC(C)=O)[C@H]1O[C@H]1O[C@H](CO)[C@@H](OC)[C@H](O)[C@@H]1O. The van der Waals surface area contributed by atoms with E-state index < -0.39 is 135 Å². The number of methoxy groups -OCH3 is 5. The van der Waals surface area contributed by atoms with Gasteiger partial charge in [-0.3, -0.25) is 4.79 Å². The van der Waals surface area contributed by atoms with Crippen LogP contribution in [0.15, 0.2) is 0 Å². The molecule has 4 fully saturated rings. The smallest absolute Gasteiger partial charge is 0.303 e. The molecule has 0 saturated carbocycles. The summed E-state index contributed by atoms with van der Waals surface area (Å²) in [4.78, 5) is 12.2. The minimum Gasteiger partial charge on any atom is -0.457 e. The maximum Gasteiger partial charge on any atom is 0.303 e. The Morgan fingerprint density at radius 1 is 0.520 bits per heavy atom. The van der Waals surface area contributed by atoms with Crippen LogP contribution in [0.2, 0.25) is 0 Å². The fraction of sp³-hybridized carbons (Fsp3) is 0.968. The topological polar surface area (TPSA) is 238 Å². The van der Waals surface area contributed by atoms with Crippen LogP contribution in [0.4, 0.5) is 0 Å². The molecule has 19 heteroatoms. The molecule has 0 spiro atoms. The highest BCUT2D eigenvalue weighted by molar-refractivity contribution is 5.66. The predicted molar refractivity (Wildman–Crippen MR) is 163 cm³/mol. The molecule has 0 aromatic carbocycles. The Bertz CT molecular complexity index is 1040. The van der Waals surface area contributed by atoms with E-state index in [1.54, 1.807) is 20.8 Å². The molecule has 4 saturated heterocycles. The van der Waals surface area contributed by atoms with Gasteiger partial charge in [-0.05, 0) is 20.8 Å². The third-order valence-corrected chi connectivity index (χ3v) is 9.59. The highest BCUT2D eigenvalue weighted by atomic mass is 16.8. The molecule has 4 aliphatic heterocycles. The lowest BCUT2D eigenvalue weighted by Crippen LogP contribution is -2.67. The molecule has 0 aromatic heterocycles. The molecule has 20 atom stereocenters. The van der Waals surface area contributed by atoms with Crippen molar-refractivity contribution in [1.29, 1.82) is 0 Å². The molecule has 292 valence electrons. The minimum atomic E-state index is -1.65. The molecule has 0 unspecified atom stereocenters. The fourth-order valence-corrected chi connectivity index (χ4v) is 6.98. The largest absolute Gasteiger partial charge is 0.457 e. The van der Waals surface area contributed by atoms with E-state index in [0.29, 0.717) is 0 Å². The highest BCUT2D eigenvalue weighted by Crippen LogP contribution is 2.37. The maximum absolute atomic E-state index is 12.2. The number of aliphatic hydroxyl groups excluding tert-OH is 5. The molecule has 19 nitrogen and oxygen atoms in total. The van der Waals surface area contributed by atoms with Gasteiger partial charge >= 0.3 is 5.97 Å². The normalized spacial score (nSPS) is 48.7. The highest BCUT2D eigenvalue weighted by Gasteiger charge is 2.56. The van der Waals surface area contributed by atoms with Crippen LogP contribution in [-0.4, -0.2) is 196 Å². The number of hydrogen-bond acceptors (Lipinski definition) is 19. The van der Waals surface area contributed by atoms with Gasteiger partial charge in [0.2, 0.25) is 0 Å². The second-order valence-corrected chi connectivity index (χ2v) is 12.7. The summed E-state index contributed by atoms with van der Waals surface area (Å²) in [6.45, 7) is 5.53. The van der Waals surface area contributed by atoms with Gasteiger partial charge < -0.3 is 87.1 Å². The van der Waals surface area contributed by atoms with Crippen LogP contribution >= 0.6 is 0 Å². The lowest BCUT2D eigenvalue weighted by atomic mass is 9.95. The average Bonchev–Trinajstić information content (AvgIpc) is 3.07. The molecule has 5 N–H and O–H groups in total. The molecule has 4 aliphatic rings. The summed E-state index contributed by atoms with van der Waals surface area (Å²) in [5, 5.41) is 53.4. The predicted octanol–water partition coefficient (Wildman–Crippen LogP) is -2.82. The Morgan fingerprint density at radius 3 is 1.54 bits per heavy atom. The zero-order valence-corrected chi connectivity index (χ0v) is 29.7. The van der Waals surface area contributed by atoms with Crippen LogP contribution < -0.4 is 0 Å². The quantitative estimate of drug-likeness (QED) is 0.120. The zero-order valence-electron chi connectivity index (χ0n) is 29.7. The summed E-state index contributed by atoms with van der Waals surface area (Å²) in [5.74, 6) is -0.671. The van der Waals surface area contributed by atoms with Crippen molar-refractivity contribution in [3.05, 3.63) is 0 Å². The van der Waals surface area contributed by atoms with E-state index in [4.69, 9.17) is 61.6 Å². The molecule has 0 bridgehead atoms. The van der Waals surface area contributed by atoms with Gasteiger partial charge in [-0.15, -0.1) is 0 Å². The lowest BCUT2D eigenvalue weighted by Gasteiger charge is -2.50. The summed E-state index contributed by atoms with van der Waals surface area (Å²) >= 11 is 0. The maximum atomic E-state index is 12.2. The van der Waals surface area contributed by atoms with Crippen LogP contribution in [0.25, 0.3) is 0 Å². The van der Waals surface area contributed by atoms with Gasteiger partial charge in [-0.1, -0.05) is 0 Å². The van der Waals surface area contributed by atoms with Crippen LogP contribution in [0.3, 0.4) is 0 Å². The number of rotatable bonds is 13. The first-order valence-electron chi connectivity index (χ1n) is 16.5. The summed E-state index contributed by atoms with van der Waals surface area (Å²) in [6.07, 6.45) is -22.9. The Hall–Kier alpha value is -1.21. The van der Waals surface area contributed by atoms with E-state index in [9.17, 15) is 30.3 Å². The van der Waals surface area contributed by atoms with Crippen LogP contribution in [0.5, 0.6) is 0 Å². The van der Waals surface area contributed by atoms with Gasteiger partial charge in [0.1, 0.15) is 73.2 Å². The Morgan fingerprint density at radius 2 is 1.00 bits per heavy atom.